The highest BCUT2D eigenvalue weighted by Crippen LogP contribution is 2.32. The van der Waals surface area contributed by atoms with Crippen LogP contribution in [0.5, 0.6) is 5.75 Å². The fourth-order valence-electron chi connectivity index (χ4n) is 2.67. The van der Waals surface area contributed by atoms with Crippen molar-refractivity contribution in [3.63, 3.8) is 0 Å². The minimum atomic E-state index is 0.325. The summed E-state index contributed by atoms with van der Waals surface area (Å²) in [5.41, 5.74) is 7.71. The van der Waals surface area contributed by atoms with Crippen LogP contribution in [0.2, 0.25) is 0 Å². The lowest BCUT2D eigenvalue weighted by Crippen LogP contribution is -2.29. The molecular formula is C16H23NOS. The maximum absolute atomic E-state index is 6.18. The van der Waals surface area contributed by atoms with E-state index in [0.717, 1.165) is 41.6 Å². The van der Waals surface area contributed by atoms with Gasteiger partial charge >= 0.3 is 0 Å². The van der Waals surface area contributed by atoms with Crippen molar-refractivity contribution in [2.45, 2.75) is 46.1 Å². The molecule has 0 heterocycles. The number of ether oxygens (including phenoxy) is 1. The lowest BCUT2D eigenvalue weighted by atomic mass is 9.80. The van der Waals surface area contributed by atoms with Crippen LogP contribution in [0.15, 0.2) is 18.2 Å². The summed E-state index contributed by atoms with van der Waals surface area (Å²) >= 11 is 5.03. The first-order valence-corrected chi connectivity index (χ1v) is 7.45. The molecule has 3 heteroatoms. The summed E-state index contributed by atoms with van der Waals surface area (Å²) < 4.78 is 6.18. The van der Waals surface area contributed by atoms with E-state index in [1.807, 2.05) is 18.2 Å². The quantitative estimate of drug-likeness (QED) is 0.853. The van der Waals surface area contributed by atoms with Gasteiger partial charge < -0.3 is 10.5 Å². The Labute approximate surface area is 121 Å². The Hall–Kier alpha value is -1.09. The summed E-state index contributed by atoms with van der Waals surface area (Å²) in [6, 6.07) is 5.95. The molecule has 0 aliphatic heterocycles. The molecule has 3 unspecified atom stereocenters. The summed E-state index contributed by atoms with van der Waals surface area (Å²) in [6.07, 6.45) is 3.85. The van der Waals surface area contributed by atoms with Crippen LogP contribution < -0.4 is 10.5 Å². The highest BCUT2D eigenvalue weighted by Gasteiger charge is 2.26. The topological polar surface area (TPSA) is 35.2 Å². The summed E-state index contributed by atoms with van der Waals surface area (Å²) in [5.74, 6) is 2.47. The zero-order chi connectivity index (χ0) is 14.0. The molecule has 0 saturated heterocycles. The first kappa shape index (κ1) is 14.3. The van der Waals surface area contributed by atoms with Crippen LogP contribution in [0.25, 0.3) is 0 Å². The second-order valence-corrected chi connectivity index (χ2v) is 6.29. The molecule has 1 fully saturated rings. The maximum atomic E-state index is 6.18. The monoisotopic (exact) mass is 277 g/mol. The molecule has 1 aliphatic rings. The minimum Gasteiger partial charge on any atom is -0.490 e. The number of benzene rings is 1. The zero-order valence-electron chi connectivity index (χ0n) is 12.0. The van der Waals surface area contributed by atoms with E-state index < -0.39 is 0 Å². The van der Waals surface area contributed by atoms with Crippen LogP contribution in [0, 0.1) is 18.8 Å². The number of thiocarbonyl (C=S) groups is 1. The molecule has 3 atom stereocenters. The Bertz CT molecular complexity index is 472. The molecule has 19 heavy (non-hydrogen) atoms. The van der Waals surface area contributed by atoms with Crippen molar-refractivity contribution in [1.82, 2.24) is 0 Å². The number of hydrogen-bond donors (Lipinski definition) is 1. The van der Waals surface area contributed by atoms with Crippen molar-refractivity contribution in [1.29, 1.82) is 0 Å². The molecule has 1 saturated carbocycles. The van der Waals surface area contributed by atoms with E-state index in [9.17, 15) is 0 Å². The molecule has 2 N–H and O–H groups in total. The maximum Gasteiger partial charge on any atom is 0.123 e. The SMILES string of the molecule is Cc1ccc(C(N)=S)cc1OC1CCC(C)C(C)C1. The second-order valence-electron chi connectivity index (χ2n) is 5.85. The molecule has 2 rings (SSSR count). The van der Waals surface area contributed by atoms with Crippen molar-refractivity contribution in [3.8, 4) is 5.75 Å². The predicted octanol–water partition coefficient (Wildman–Crippen LogP) is 3.83. The number of aryl methyl sites for hydroxylation is 1. The molecular weight excluding hydrogens is 254 g/mol. The van der Waals surface area contributed by atoms with Crippen LogP contribution in [0.1, 0.15) is 44.2 Å². The lowest BCUT2D eigenvalue weighted by molar-refractivity contribution is 0.0999. The van der Waals surface area contributed by atoms with Crippen molar-refractivity contribution < 1.29 is 4.74 Å². The first-order chi connectivity index (χ1) is 8.97. The molecule has 104 valence electrons. The van der Waals surface area contributed by atoms with Crippen LogP contribution in [0.4, 0.5) is 0 Å². The average molecular weight is 277 g/mol. The fraction of sp³-hybridized carbons (Fsp3) is 0.562. The second kappa shape index (κ2) is 5.91. The van der Waals surface area contributed by atoms with Crippen molar-refractivity contribution in [2.24, 2.45) is 17.6 Å². The summed E-state index contributed by atoms with van der Waals surface area (Å²) in [7, 11) is 0. The van der Waals surface area contributed by atoms with Gasteiger partial charge in [0.2, 0.25) is 0 Å². The van der Waals surface area contributed by atoms with Gasteiger partial charge in [-0.15, -0.1) is 0 Å². The molecule has 1 aromatic rings. The van der Waals surface area contributed by atoms with Gasteiger partial charge in [-0.3, -0.25) is 0 Å². The van der Waals surface area contributed by atoms with E-state index in [0.29, 0.717) is 11.1 Å². The van der Waals surface area contributed by atoms with Gasteiger partial charge in [-0.05, 0) is 49.7 Å². The Kier molecular flexibility index (Phi) is 4.46. The van der Waals surface area contributed by atoms with Gasteiger partial charge in [0, 0.05) is 5.56 Å². The van der Waals surface area contributed by atoms with E-state index >= 15 is 0 Å². The molecule has 1 aromatic carbocycles. The number of nitrogens with two attached hydrogens (primary N) is 1. The molecule has 2 nitrogen and oxygen atoms in total. The number of rotatable bonds is 3. The van der Waals surface area contributed by atoms with E-state index in [4.69, 9.17) is 22.7 Å². The van der Waals surface area contributed by atoms with Crippen LogP contribution >= 0.6 is 12.2 Å². The van der Waals surface area contributed by atoms with Crippen LogP contribution in [-0.2, 0) is 0 Å². The normalized spacial score (nSPS) is 27.0. The van der Waals surface area contributed by atoms with Crippen molar-refractivity contribution in [3.05, 3.63) is 29.3 Å². The van der Waals surface area contributed by atoms with E-state index in [-0.39, 0.29) is 0 Å². The summed E-state index contributed by atoms with van der Waals surface area (Å²) in [6.45, 7) is 6.71. The van der Waals surface area contributed by atoms with Gasteiger partial charge in [0.25, 0.3) is 0 Å². The first-order valence-electron chi connectivity index (χ1n) is 7.04. The fourth-order valence-corrected chi connectivity index (χ4v) is 2.79. The van der Waals surface area contributed by atoms with Crippen LogP contribution in [0.3, 0.4) is 0 Å². The number of hydrogen-bond acceptors (Lipinski definition) is 2. The molecule has 0 radical (unpaired) electrons. The van der Waals surface area contributed by atoms with E-state index in [1.165, 1.54) is 6.42 Å². The van der Waals surface area contributed by atoms with E-state index in [2.05, 4.69) is 20.8 Å². The molecule has 0 spiro atoms. The van der Waals surface area contributed by atoms with Gasteiger partial charge in [-0.2, -0.15) is 0 Å². The van der Waals surface area contributed by atoms with E-state index in [1.54, 1.807) is 0 Å². The summed E-state index contributed by atoms with van der Waals surface area (Å²) in [5, 5.41) is 0. The van der Waals surface area contributed by atoms with Gasteiger partial charge in [-0.25, -0.2) is 0 Å². The van der Waals surface area contributed by atoms with Gasteiger partial charge in [-0.1, -0.05) is 38.2 Å². The van der Waals surface area contributed by atoms with Crippen molar-refractivity contribution >= 4 is 17.2 Å². The smallest absolute Gasteiger partial charge is 0.123 e. The largest absolute Gasteiger partial charge is 0.490 e. The average Bonchev–Trinajstić information content (AvgIpc) is 2.36. The van der Waals surface area contributed by atoms with Crippen LogP contribution in [-0.4, -0.2) is 11.1 Å². The molecule has 0 aromatic heterocycles. The zero-order valence-corrected chi connectivity index (χ0v) is 12.8. The third kappa shape index (κ3) is 3.47. The van der Waals surface area contributed by atoms with Crippen molar-refractivity contribution in [2.75, 3.05) is 0 Å². The Morgan fingerprint density at radius 1 is 1.26 bits per heavy atom. The Balaban J connectivity index is 2.10. The highest BCUT2D eigenvalue weighted by atomic mass is 32.1. The lowest BCUT2D eigenvalue weighted by Gasteiger charge is -2.32. The van der Waals surface area contributed by atoms with Gasteiger partial charge in [0.1, 0.15) is 10.7 Å². The minimum absolute atomic E-state index is 0.325. The highest BCUT2D eigenvalue weighted by molar-refractivity contribution is 7.80. The third-order valence-corrected chi connectivity index (χ3v) is 4.55. The summed E-state index contributed by atoms with van der Waals surface area (Å²) in [4.78, 5) is 0.426. The Morgan fingerprint density at radius 2 is 2.00 bits per heavy atom. The Morgan fingerprint density at radius 3 is 2.63 bits per heavy atom. The van der Waals surface area contributed by atoms with Gasteiger partial charge in [0.15, 0.2) is 0 Å². The van der Waals surface area contributed by atoms with Gasteiger partial charge in [0.05, 0.1) is 6.10 Å². The standard InChI is InChI=1S/C16H23NOS/c1-10-5-7-14(8-12(10)3)18-15-9-13(16(17)19)6-4-11(15)2/h4,6,9-10,12,14H,5,7-8H2,1-3H3,(H2,17,19). The predicted molar refractivity (Wildman–Crippen MR) is 83.7 cm³/mol. The third-order valence-electron chi connectivity index (χ3n) is 4.32. The molecule has 1 aliphatic carbocycles. The molecule has 0 amide bonds. The molecule has 0 bridgehead atoms.